The highest BCUT2D eigenvalue weighted by Gasteiger charge is 2.21. The largest absolute Gasteiger partial charge is 0.612 e. The van der Waals surface area contributed by atoms with E-state index in [1.165, 1.54) is 21.3 Å². The molecule has 0 saturated heterocycles. The van der Waals surface area contributed by atoms with Crippen LogP contribution in [-0.4, -0.2) is 44.1 Å². The number of ether oxygens (including phenoxy) is 4. The molecular weight excluding hydrogens is 482 g/mol. The van der Waals surface area contributed by atoms with Gasteiger partial charge in [0.2, 0.25) is 0 Å². The average molecular weight is 512 g/mol. The number of rotatable bonds is 12. The summed E-state index contributed by atoms with van der Waals surface area (Å²) in [5.74, 6) is 1.29. The molecule has 0 amide bonds. The van der Waals surface area contributed by atoms with Gasteiger partial charge in [0.1, 0.15) is 34.2 Å². The Hall–Kier alpha value is -3.82. The summed E-state index contributed by atoms with van der Waals surface area (Å²) >= 11 is -1.38. The summed E-state index contributed by atoms with van der Waals surface area (Å²) in [6, 6.07) is 16.6. The molecule has 0 aliphatic rings. The normalized spacial score (nSPS) is 12.6. The molecule has 3 aromatic carbocycles. The molecule has 0 aliphatic heterocycles. The Balaban J connectivity index is 1.82. The molecular formula is C27H29NO7S. The van der Waals surface area contributed by atoms with Crippen molar-refractivity contribution >= 4 is 28.9 Å². The van der Waals surface area contributed by atoms with Crippen molar-refractivity contribution in [3.05, 3.63) is 82.8 Å². The highest BCUT2D eigenvalue weighted by Crippen LogP contribution is 2.35. The van der Waals surface area contributed by atoms with E-state index in [2.05, 4.69) is 5.32 Å². The summed E-state index contributed by atoms with van der Waals surface area (Å²) in [5.41, 5.74) is 2.47. The molecule has 8 nitrogen and oxygen atoms in total. The smallest absolute Gasteiger partial charge is 0.330 e. The molecule has 9 heteroatoms. The van der Waals surface area contributed by atoms with Gasteiger partial charge < -0.3 is 33.9 Å². The first kappa shape index (κ1) is 26.8. The minimum atomic E-state index is -1.38. The number of benzene rings is 3. The first-order valence-electron chi connectivity index (χ1n) is 11.0. The Morgan fingerprint density at radius 3 is 2.14 bits per heavy atom. The van der Waals surface area contributed by atoms with Crippen molar-refractivity contribution in [1.82, 2.24) is 0 Å². The van der Waals surface area contributed by atoms with Gasteiger partial charge in [-0.1, -0.05) is 36.4 Å². The Morgan fingerprint density at radius 1 is 0.944 bits per heavy atom. The minimum Gasteiger partial charge on any atom is -0.612 e. The van der Waals surface area contributed by atoms with Crippen molar-refractivity contribution in [1.29, 1.82) is 0 Å². The zero-order valence-electron chi connectivity index (χ0n) is 20.5. The third-order valence-electron chi connectivity index (χ3n) is 5.39. The number of aliphatic carboxylic acids is 1. The van der Waals surface area contributed by atoms with Gasteiger partial charge in [0.05, 0.1) is 39.7 Å². The van der Waals surface area contributed by atoms with Gasteiger partial charge >= 0.3 is 5.97 Å². The summed E-state index contributed by atoms with van der Waals surface area (Å²) in [7, 11) is 6.13. The Morgan fingerprint density at radius 2 is 1.58 bits per heavy atom. The van der Waals surface area contributed by atoms with Crippen LogP contribution in [0.2, 0.25) is 0 Å². The van der Waals surface area contributed by atoms with E-state index in [1.807, 2.05) is 6.07 Å². The SMILES string of the molecule is COc1cc(OC)c(/C=C/[S+]([O-])Cc2ccc(OC)c(NC(C(=O)O)c3ccccc3)c2)c(OC)c1. The maximum atomic E-state index is 12.9. The van der Waals surface area contributed by atoms with Gasteiger partial charge in [0.15, 0.2) is 6.04 Å². The summed E-state index contributed by atoms with van der Waals surface area (Å²) in [4.78, 5) is 11.9. The van der Waals surface area contributed by atoms with Crippen LogP contribution in [0.5, 0.6) is 23.0 Å². The van der Waals surface area contributed by atoms with Crippen molar-refractivity contribution in [3.63, 3.8) is 0 Å². The molecule has 0 saturated carbocycles. The van der Waals surface area contributed by atoms with Gasteiger partial charge in [0.25, 0.3) is 0 Å². The summed E-state index contributed by atoms with van der Waals surface area (Å²) in [6.07, 6.45) is 1.69. The van der Waals surface area contributed by atoms with E-state index < -0.39 is 23.2 Å². The Kier molecular flexibility index (Phi) is 9.49. The molecule has 2 atom stereocenters. The zero-order chi connectivity index (χ0) is 26.1. The number of nitrogens with one attached hydrogen (secondary N) is 1. The molecule has 0 heterocycles. The van der Waals surface area contributed by atoms with Crippen molar-refractivity contribution in [2.45, 2.75) is 11.8 Å². The molecule has 0 aromatic heterocycles. The molecule has 0 fully saturated rings. The van der Waals surface area contributed by atoms with E-state index >= 15 is 0 Å². The number of anilines is 1. The zero-order valence-corrected chi connectivity index (χ0v) is 21.3. The molecule has 3 rings (SSSR count). The second kappa shape index (κ2) is 12.8. The first-order valence-corrected chi connectivity index (χ1v) is 12.3. The predicted molar refractivity (Wildman–Crippen MR) is 140 cm³/mol. The minimum absolute atomic E-state index is 0.207. The maximum absolute atomic E-state index is 12.9. The first-order chi connectivity index (χ1) is 17.4. The van der Waals surface area contributed by atoms with E-state index in [9.17, 15) is 14.5 Å². The fourth-order valence-electron chi connectivity index (χ4n) is 3.60. The van der Waals surface area contributed by atoms with Gasteiger partial charge in [0, 0.05) is 23.8 Å². The summed E-state index contributed by atoms with van der Waals surface area (Å²) in [5, 5.41) is 14.4. The average Bonchev–Trinajstić information content (AvgIpc) is 2.90. The third-order valence-corrected chi connectivity index (χ3v) is 6.45. The van der Waals surface area contributed by atoms with Crippen LogP contribution in [0.1, 0.15) is 22.7 Å². The molecule has 0 aliphatic carbocycles. The molecule has 3 aromatic rings. The van der Waals surface area contributed by atoms with Crippen LogP contribution in [0.25, 0.3) is 6.08 Å². The second-order valence-corrected chi connectivity index (χ2v) is 8.96. The quantitative estimate of drug-likeness (QED) is 0.331. The van der Waals surface area contributed by atoms with Gasteiger partial charge in [-0.2, -0.15) is 0 Å². The fraction of sp³-hybridized carbons (Fsp3) is 0.222. The maximum Gasteiger partial charge on any atom is 0.330 e. The number of carbonyl (C=O) groups is 1. The highest BCUT2D eigenvalue weighted by molar-refractivity contribution is 7.93. The van der Waals surface area contributed by atoms with Crippen LogP contribution >= 0.6 is 0 Å². The Bertz CT molecular complexity index is 1170. The fourth-order valence-corrected chi connectivity index (χ4v) is 4.49. The number of carboxylic acids is 1. The molecule has 0 radical (unpaired) electrons. The van der Waals surface area contributed by atoms with Gasteiger partial charge in [-0.25, -0.2) is 4.79 Å². The summed E-state index contributed by atoms with van der Waals surface area (Å²) in [6.45, 7) is 0. The number of hydrogen-bond donors (Lipinski definition) is 2. The van der Waals surface area contributed by atoms with Gasteiger partial charge in [-0.15, -0.1) is 0 Å². The van der Waals surface area contributed by atoms with Crippen molar-refractivity contribution in [2.24, 2.45) is 0 Å². The lowest BCUT2D eigenvalue weighted by molar-refractivity contribution is -0.138. The van der Waals surface area contributed by atoms with E-state index in [0.29, 0.717) is 39.8 Å². The lowest BCUT2D eigenvalue weighted by Gasteiger charge is -2.19. The number of hydrogen-bond acceptors (Lipinski definition) is 7. The van der Waals surface area contributed by atoms with Crippen molar-refractivity contribution in [3.8, 4) is 23.0 Å². The van der Waals surface area contributed by atoms with E-state index in [1.54, 1.807) is 73.2 Å². The number of carboxylic acid groups (broad SMARTS) is 1. The second-order valence-electron chi connectivity index (χ2n) is 7.63. The standard InChI is InChI=1S/C27H29NO7S/c1-32-20-15-24(34-3)21(25(16-20)35-4)12-13-36(31)17-18-10-11-23(33-2)22(14-18)28-26(27(29)30)19-8-6-5-7-9-19/h5-16,26,28H,17H2,1-4H3,(H,29,30)/b13-12+. The topological polar surface area (TPSA) is 109 Å². The summed E-state index contributed by atoms with van der Waals surface area (Å²) < 4.78 is 34.4. The van der Waals surface area contributed by atoms with Crippen LogP contribution in [0.3, 0.4) is 0 Å². The lowest BCUT2D eigenvalue weighted by Crippen LogP contribution is -2.21. The monoisotopic (exact) mass is 511 g/mol. The van der Waals surface area contributed by atoms with Crippen LogP contribution in [-0.2, 0) is 21.7 Å². The Labute approximate surface area is 213 Å². The number of methoxy groups -OCH3 is 4. The van der Waals surface area contributed by atoms with Crippen LogP contribution in [0.15, 0.2) is 66.1 Å². The van der Waals surface area contributed by atoms with Crippen LogP contribution in [0, 0.1) is 0 Å². The highest BCUT2D eigenvalue weighted by atomic mass is 32.2. The van der Waals surface area contributed by atoms with Crippen molar-refractivity contribution in [2.75, 3.05) is 33.8 Å². The van der Waals surface area contributed by atoms with E-state index in [-0.39, 0.29) is 5.75 Å². The van der Waals surface area contributed by atoms with Gasteiger partial charge in [-0.3, -0.25) is 0 Å². The predicted octanol–water partition coefficient (Wildman–Crippen LogP) is 4.88. The van der Waals surface area contributed by atoms with Crippen LogP contribution in [0.4, 0.5) is 5.69 Å². The van der Waals surface area contributed by atoms with Crippen LogP contribution < -0.4 is 24.3 Å². The molecule has 0 bridgehead atoms. The third kappa shape index (κ3) is 6.65. The molecule has 2 unspecified atom stereocenters. The molecule has 0 spiro atoms. The molecule has 36 heavy (non-hydrogen) atoms. The van der Waals surface area contributed by atoms with Crippen molar-refractivity contribution < 1.29 is 33.4 Å². The molecule has 190 valence electrons. The van der Waals surface area contributed by atoms with E-state index in [4.69, 9.17) is 18.9 Å². The lowest BCUT2D eigenvalue weighted by atomic mass is 10.1. The molecule has 2 N–H and O–H groups in total. The van der Waals surface area contributed by atoms with E-state index in [0.717, 1.165) is 5.56 Å². The van der Waals surface area contributed by atoms with Gasteiger partial charge in [-0.05, 0) is 28.9 Å².